The first-order valence-electron chi connectivity index (χ1n) is 8.23. The number of aromatic nitrogens is 1. The average Bonchev–Trinajstić information content (AvgIpc) is 2.87. The van der Waals surface area contributed by atoms with Crippen LogP contribution < -0.4 is 4.74 Å². The fourth-order valence-corrected chi connectivity index (χ4v) is 2.99. The van der Waals surface area contributed by atoms with E-state index in [9.17, 15) is 4.79 Å². The van der Waals surface area contributed by atoms with Crippen LogP contribution in [0.25, 0.3) is 0 Å². The van der Waals surface area contributed by atoms with Gasteiger partial charge in [-0.05, 0) is 31.5 Å². The molecule has 0 unspecified atom stereocenters. The number of amides is 1. The second kappa shape index (κ2) is 7.49. The second-order valence-electron chi connectivity index (χ2n) is 6.08. The van der Waals surface area contributed by atoms with Crippen molar-refractivity contribution in [2.24, 2.45) is 0 Å². The van der Waals surface area contributed by atoms with Crippen molar-refractivity contribution < 1.29 is 14.1 Å². The maximum Gasteiger partial charge on any atom is 0.254 e. The number of hydrogen-bond donors (Lipinski definition) is 0. The zero-order valence-electron chi connectivity index (χ0n) is 14.2. The molecule has 2 aromatic rings. The van der Waals surface area contributed by atoms with E-state index in [1.807, 2.05) is 36.1 Å². The molecule has 24 heavy (non-hydrogen) atoms. The summed E-state index contributed by atoms with van der Waals surface area (Å²) in [5, 5.41) is 4.05. The molecule has 1 aromatic carbocycles. The van der Waals surface area contributed by atoms with E-state index in [2.05, 4.69) is 10.1 Å². The van der Waals surface area contributed by atoms with Gasteiger partial charge in [0.25, 0.3) is 5.91 Å². The summed E-state index contributed by atoms with van der Waals surface area (Å²) in [5.41, 5.74) is 1.62. The van der Waals surface area contributed by atoms with Crippen molar-refractivity contribution in [3.63, 3.8) is 0 Å². The van der Waals surface area contributed by atoms with Crippen LogP contribution in [0.1, 0.15) is 28.2 Å². The highest BCUT2D eigenvalue weighted by Gasteiger charge is 2.21. The first kappa shape index (κ1) is 16.5. The molecular weight excluding hydrogens is 306 g/mol. The number of nitrogens with zero attached hydrogens (tertiary/aromatic N) is 3. The number of methoxy groups -OCH3 is 1. The molecule has 6 heteroatoms. The molecule has 6 nitrogen and oxygen atoms in total. The number of ether oxygens (including phenoxy) is 1. The third-order valence-corrected chi connectivity index (χ3v) is 4.25. The van der Waals surface area contributed by atoms with E-state index in [0.29, 0.717) is 17.9 Å². The van der Waals surface area contributed by atoms with E-state index in [0.717, 1.165) is 44.1 Å². The van der Waals surface area contributed by atoms with Gasteiger partial charge in [0.05, 0.1) is 12.8 Å². The summed E-state index contributed by atoms with van der Waals surface area (Å²) in [6.07, 6.45) is 0.951. The van der Waals surface area contributed by atoms with Crippen molar-refractivity contribution in [2.45, 2.75) is 19.9 Å². The molecule has 1 fully saturated rings. The average molecular weight is 329 g/mol. The summed E-state index contributed by atoms with van der Waals surface area (Å²) in [6, 6.07) is 9.29. The van der Waals surface area contributed by atoms with Gasteiger partial charge in [-0.25, -0.2) is 0 Å². The fraction of sp³-hybridized carbons (Fsp3) is 0.444. The molecule has 1 aliphatic heterocycles. The van der Waals surface area contributed by atoms with Crippen molar-refractivity contribution in [1.82, 2.24) is 15.0 Å². The molecule has 0 aliphatic carbocycles. The van der Waals surface area contributed by atoms with Crippen LogP contribution in [0.2, 0.25) is 0 Å². The molecule has 0 spiro atoms. The van der Waals surface area contributed by atoms with Crippen LogP contribution in [0.15, 0.2) is 34.9 Å². The first-order valence-corrected chi connectivity index (χ1v) is 8.23. The van der Waals surface area contributed by atoms with E-state index in [-0.39, 0.29) is 5.91 Å². The fourth-order valence-electron chi connectivity index (χ4n) is 2.99. The number of carbonyl (C=O) groups is 1. The zero-order valence-corrected chi connectivity index (χ0v) is 14.2. The quantitative estimate of drug-likeness (QED) is 0.862. The summed E-state index contributed by atoms with van der Waals surface area (Å²) in [4.78, 5) is 16.9. The van der Waals surface area contributed by atoms with Crippen LogP contribution in [0.3, 0.4) is 0 Å². The largest absolute Gasteiger partial charge is 0.497 e. The third-order valence-electron chi connectivity index (χ3n) is 4.25. The van der Waals surface area contributed by atoms with E-state index in [1.165, 1.54) is 0 Å². The van der Waals surface area contributed by atoms with E-state index in [1.54, 1.807) is 13.2 Å². The van der Waals surface area contributed by atoms with Gasteiger partial charge in [-0.2, -0.15) is 0 Å². The zero-order chi connectivity index (χ0) is 16.9. The number of rotatable bonds is 4. The molecule has 0 bridgehead atoms. The molecule has 1 aromatic heterocycles. The van der Waals surface area contributed by atoms with Gasteiger partial charge in [-0.15, -0.1) is 0 Å². The van der Waals surface area contributed by atoms with E-state index < -0.39 is 0 Å². The van der Waals surface area contributed by atoms with Crippen molar-refractivity contribution in [1.29, 1.82) is 0 Å². The Kier molecular flexibility index (Phi) is 5.15. The maximum absolute atomic E-state index is 12.7. The van der Waals surface area contributed by atoms with Gasteiger partial charge in [0, 0.05) is 44.4 Å². The number of aryl methyl sites for hydroxylation is 1. The van der Waals surface area contributed by atoms with Crippen LogP contribution in [0.5, 0.6) is 5.75 Å². The van der Waals surface area contributed by atoms with Crippen LogP contribution >= 0.6 is 0 Å². The summed E-state index contributed by atoms with van der Waals surface area (Å²) >= 11 is 0. The topological polar surface area (TPSA) is 58.8 Å². The molecule has 1 saturated heterocycles. The van der Waals surface area contributed by atoms with Gasteiger partial charge in [0.1, 0.15) is 11.5 Å². The number of carbonyl (C=O) groups excluding carboxylic acids is 1. The van der Waals surface area contributed by atoms with Crippen molar-refractivity contribution in [3.8, 4) is 5.75 Å². The lowest BCUT2D eigenvalue weighted by molar-refractivity contribution is 0.0760. The molecule has 0 atom stereocenters. The van der Waals surface area contributed by atoms with Gasteiger partial charge in [0.15, 0.2) is 0 Å². The summed E-state index contributed by atoms with van der Waals surface area (Å²) in [5.74, 6) is 1.60. The Hall–Kier alpha value is -2.34. The highest BCUT2D eigenvalue weighted by Crippen LogP contribution is 2.16. The van der Waals surface area contributed by atoms with Gasteiger partial charge in [-0.1, -0.05) is 11.2 Å². The first-order chi connectivity index (χ1) is 11.7. The Morgan fingerprint density at radius 1 is 1.25 bits per heavy atom. The van der Waals surface area contributed by atoms with Gasteiger partial charge in [0.2, 0.25) is 0 Å². The minimum absolute atomic E-state index is 0.0630. The second-order valence-corrected chi connectivity index (χ2v) is 6.08. The molecule has 3 rings (SSSR count). The summed E-state index contributed by atoms with van der Waals surface area (Å²) < 4.78 is 10.3. The van der Waals surface area contributed by atoms with Crippen LogP contribution in [0, 0.1) is 6.92 Å². The highest BCUT2D eigenvalue weighted by atomic mass is 16.5. The molecule has 0 saturated carbocycles. The van der Waals surface area contributed by atoms with E-state index in [4.69, 9.17) is 9.26 Å². The lowest BCUT2D eigenvalue weighted by atomic mass is 10.2. The molecule has 1 amide bonds. The van der Waals surface area contributed by atoms with E-state index >= 15 is 0 Å². The van der Waals surface area contributed by atoms with Crippen LogP contribution in [-0.2, 0) is 6.54 Å². The summed E-state index contributed by atoms with van der Waals surface area (Å²) in [7, 11) is 1.61. The minimum Gasteiger partial charge on any atom is -0.497 e. The predicted molar refractivity (Wildman–Crippen MR) is 90.0 cm³/mol. The lowest BCUT2D eigenvalue weighted by Crippen LogP contribution is -2.35. The van der Waals surface area contributed by atoms with Crippen molar-refractivity contribution in [2.75, 3.05) is 33.3 Å². The van der Waals surface area contributed by atoms with Crippen LogP contribution in [0.4, 0.5) is 0 Å². The molecule has 128 valence electrons. The molecule has 2 heterocycles. The van der Waals surface area contributed by atoms with Crippen molar-refractivity contribution in [3.05, 3.63) is 47.3 Å². The predicted octanol–water partition coefficient (Wildman–Crippen LogP) is 2.34. The summed E-state index contributed by atoms with van der Waals surface area (Å²) in [6.45, 7) is 5.93. The maximum atomic E-state index is 12.7. The van der Waals surface area contributed by atoms with Gasteiger partial charge < -0.3 is 14.2 Å². The Balaban J connectivity index is 1.61. The standard InChI is InChI=1S/C18H23N3O3/c1-14-11-16(19-24-14)13-20-7-4-8-21(10-9-20)18(22)15-5-3-6-17(12-15)23-2/h3,5-6,11-12H,4,7-10,13H2,1-2H3. The SMILES string of the molecule is COc1cccc(C(=O)N2CCCN(Cc3cc(C)on3)CC2)c1. The number of benzene rings is 1. The normalized spacial score (nSPS) is 16.0. The number of hydrogen-bond acceptors (Lipinski definition) is 5. The van der Waals surface area contributed by atoms with Gasteiger partial charge >= 0.3 is 0 Å². The third kappa shape index (κ3) is 3.94. The van der Waals surface area contributed by atoms with Gasteiger partial charge in [-0.3, -0.25) is 9.69 Å². The highest BCUT2D eigenvalue weighted by molar-refractivity contribution is 5.94. The smallest absolute Gasteiger partial charge is 0.254 e. The Labute approximate surface area is 142 Å². The van der Waals surface area contributed by atoms with Crippen molar-refractivity contribution >= 4 is 5.91 Å². The molecule has 1 aliphatic rings. The Morgan fingerprint density at radius 3 is 2.88 bits per heavy atom. The van der Waals surface area contributed by atoms with Crippen LogP contribution in [-0.4, -0.2) is 54.2 Å². The Morgan fingerprint density at radius 2 is 2.12 bits per heavy atom. The minimum atomic E-state index is 0.0630. The lowest BCUT2D eigenvalue weighted by Gasteiger charge is -2.21. The molecule has 0 N–H and O–H groups in total. The Bertz CT molecular complexity index is 698. The molecular formula is C18H23N3O3. The monoisotopic (exact) mass is 329 g/mol. The molecule has 0 radical (unpaired) electrons.